The molecule has 0 heteroatoms. The summed E-state index contributed by atoms with van der Waals surface area (Å²) in [7, 11) is 0. The largest absolute Gasteiger partial charge is 0.0633 e. The van der Waals surface area contributed by atoms with Crippen LogP contribution >= 0.6 is 0 Å². The molecule has 13 rings (SSSR count). The van der Waals surface area contributed by atoms with Gasteiger partial charge in [0.15, 0.2) is 0 Å². The van der Waals surface area contributed by atoms with Crippen LogP contribution in [0.5, 0.6) is 0 Å². The van der Waals surface area contributed by atoms with Gasteiger partial charge in [-0.3, -0.25) is 0 Å². The van der Waals surface area contributed by atoms with Crippen molar-refractivity contribution < 1.29 is 23.3 Å². The molecule has 274 valence electrons. The van der Waals surface area contributed by atoms with E-state index >= 15 is 0 Å². The molecule has 0 unspecified atom stereocenters. The molecule has 1 aliphatic rings. The maximum atomic E-state index is 10.2. The SMILES string of the molecule is [2H]c1c([2H])c([2H])c(-c2c([2H])c([2H])c3c(c2[2H])C(C([2H])([2H])[2H])(C([2H])([2H])[2H])c2c([2H])c(-c4cc(-c5ccc6ccc7cccc8ccc5c6c78)cc(-c5ccc6ccc7cccc8ccc5c6c78)c4)c([2H])c([2H])c2-3)c([2H])c1[2H]. The molecule has 0 atom stereocenters. The zero-order valence-corrected chi connectivity index (χ0v) is 31.1. The van der Waals surface area contributed by atoms with E-state index in [0.717, 1.165) is 75.8 Å². The van der Waals surface area contributed by atoms with Crippen molar-refractivity contribution in [3.05, 3.63) is 205 Å². The normalized spacial score (nSPS) is 17.9. The van der Waals surface area contributed by atoms with E-state index in [0.29, 0.717) is 11.1 Å². The highest BCUT2D eigenvalue weighted by Gasteiger charge is 2.36. The minimum absolute atomic E-state index is 0.175. The summed E-state index contributed by atoms with van der Waals surface area (Å²) in [6, 6.07) is 33.2. The molecule has 0 heterocycles. The van der Waals surface area contributed by atoms with E-state index in [1.54, 1.807) is 12.1 Å². The van der Waals surface area contributed by atoms with Gasteiger partial charge in [-0.1, -0.05) is 177 Å². The molecule has 0 aromatic heterocycles. The van der Waals surface area contributed by atoms with Crippen LogP contribution in [0.2, 0.25) is 0 Å². The number of rotatable bonds is 4. The Hall–Kier alpha value is -7.28. The Kier molecular flexibility index (Phi) is 4.11. The second-order valence-electron chi connectivity index (χ2n) is 15.5. The number of hydrogen-bond donors (Lipinski definition) is 0. The van der Waals surface area contributed by atoms with Crippen molar-refractivity contribution in [3.8, 4) is 55.6 Å². The van der Waals surface area contributed by atoms with Gasteiger partial charge in [-0.05, 0) is 162 Å². The fraction of sp³-hybridized carbons (Fsp3) is 0.0508. The van der Waals surface area contributed by atoms with Gasteiger partial charge in [0.2, 0.25) is 0 Å². The van der Waals surface area contributed by atoms with E-state index in [9.17, 15) is 16.4 Å². The molecule has 0 aliphatic heterocycles. The maximum Gasteiger partial charge on any atom is 0.0633 e. The average molecular weight is 764 g/mol. The Morgan fingerprint density at radius 3 is 1.27 bits per heavy atom. The predicted octanol–water partition coefficient (Wildman–Crippen LogP) is 16.5. The third-order valence-electron chi connectivity index (χ3n) is 12.3. The minimum atomic E-state index is -3.71. The molecular formula is C59H38. The molecule has 0 N–H and O–H groups in total. The van der Waals surface area contributed by atoms with Crippen LogP contribution in [0.3, 0.4) is 0 Å². The first kappa shape index (κ1) is 20.4. The molecule has 12 aromatic rings. The molecule has 0 spiro atoms. The van der Waals surface area contributed by atoms with E-state index in [1.807, 2.05) is 42.5 Å². The second-order valence-corrected chi connectivity index (χ2v) is 15.5. The Morgan fingerprint density at radius 1 is 0.356 bits per heavy atom. The summed E-state index contributed by atoms with van der Waals surface area (Å²) in [6.45, 7) is -7.42. The van der Waals surface area contributed by atoms with Crippen LogP contribution in [-0.4, -0.2) is 0 Å². The number of fused-ring (bicyclic) bond motifs is 3. The van der Waals surface area contributed by atoms with Crippen molar-refractivity contribution in [2.75, 3.05) is 0 Å². The summed E-state index contributed by atoms with van der Waals surface area (Å²) in [5, 5.41) is 12.2. The second kappa shape index (κ2) is 11.9. The van der Waals surface area contributed by atoms with Gasteiger partial charge >= 0.3 is 0 Å². The Morgan fingerprint density at radius 2 is 0.780 bits per heavy atom. The lowest BCUT2D eigenvalue weighted by molar-refractivity contribution is 0.661. The van der Waals surface area contributed by atoms with Gasteiger partial charge < -0.3 is 0 Å². The quantitative estimate of drug-likeness (QED) is 0.157. The molecule has 0 saturated carbocycles. The van der Waals surface area contributed by atoms with Crippen molar-refractivity contribution in [2.24, 2.45) is 0 Å². The summed E-state index contributed by atoms with van der Waals surface area (Å²) < 4.78 is 156. The summed E-state index contributed by atoms with van der Waals surface area (Å²) in [6.07, 6.45) is 0. The predicted molar refractivity (Wildman–Crippen MR) is 253 cm³/mol. The van der Waals surface area contributed by atoms with E-state index in [-0.39, 0.29) is 11.1 Å². The van der Waals surface area contributed by atoms with Gasteiger partial charge in [0.05, 0.1) is 15.1 Å². The van der Waals surface area contributed by atoms with Crippen LogP contribution in [0.4, 0.5) is 0 Å². The highest BCUT2D eigenvalue weighted by Crippen LogP contribution is 2.51. The molecule has 1 aliphatic carbocycles. The third kappa shape index (κ3) is 4.66. The topological polar surface area (TPSA) is 0 Å². The smallest absolute Gasteiger partial charge is 0.0622 e. The van der Waals surface area contributed by atoms with E-state index in [2.05, 4.69) is 72.8 Å². The van der Waals surface area contributed by atoms with Crippen molar-refractivity contribution in [3.63, 3.8) is 0 Å². The van der Waals surface area contributed by atoms with E-state index in [1.165, 1.54) is 0 Å². The molecule has 0 radical (unpaired) electrons. The molecule has 0 saturated heterocycles. The molecule has 59 heavy (non-hydrogen) atoms. The summed E-state index contributed by atoms with van der Waals surface area (Å²) in [5.74, 6) is 0. The zero-order chi connectivity index (χ0) is 53.6. The highest BCUT2D eigenvalue weighted by atomic mass is 14.4. The number of benzene rings is 12. The standard InChI is InChI=1S/C59H38/c1-59(2)53-33-42(35-8-4-3-5-9-35)22-26-49(53)50-27-23-43(34-54(50)59)44-30-45(47-24-18-40-16-14-36-10-6-12-38-20-28-51(47)57(40)55(36)38)32-46(31-44)48-25-19-41-17-15-37-11-7-13-39-21-29-52(48)58(41)56(37)39/h3-34H,1-2H3/i1D3,2D3,3D,4D,5D,8D,9D,22D,23D,26D,27D,33D,34D. The number of hydrogen-bond acceptors (Lipinski definition) is 0. The Bertz CT molecular complexity index is 4330. The van der Waals surface area contributed by atoms with Crippen LogP contribution in [-0.2, 0) is 5.41 Å². The monoisotopic (exact) mass is 763 g/mol. The van der Waals surface area contributed by atoms with Crippen molar-refractivity contribution in [2.45, 2.75) is 19.1 Å². The van der Waals surface area contributed by atoms with Gasteiger partial charge in [0.1, 0.15) is 0 Å². The minimum Gasteiger partial charge on any atom is -0.0622 e. The van der Waals surface area contributed by atoms with Gasteiger partial charge in [-0.15, -0.1) is 0 Å². The van der Waals surface area contributed by atoms with Gasteiger partial charge in [-0.2, -0.15) is 0 Å². The van der Waals surface area contributed by atoms with Gasteiger partial charge in [0.25, 0.3) is 0 Å². The lowest BCUT2D eigenvalue weighted by Gasteiger charge is -2.23. The summed E-state index contributed by atoms with van der Waals surface area (Å²) in [5.41, 5.74) is -5.06. The molecule has 12 aromatic carbocycles. The van der Waals surface area contributed by atoms with E-state index < -0.39 is 119 Å². The highest BCUT2D eigenvalue weighted by molar-refractivity contribution is 6.27. The molecular weight excluding hydrogens is 709 g/mol. The zero-order valence-electron chi connectivity index (χ0n) is 48.1. The fourth-order valence-corrected chi connectivity index (χ4v) is 9.58. The van der Waals surface area contributed by atoms with Crippen LogP contribution < -0.4 is 0 Å². The Balaban J connectivity index is 1.15. The lowest BCUT2D eigenvalue weighted by Crippen LogP contribution is -2.15. The fourth-order valence-electron chi connectivity index (χ4n) is 9.58. The van der Waals surface area contributed by atoms with E-state index in [4.69, 9.17) is 6.85 Å². The first-order valence-electron chi connectivity index (χ1n) is 27.9. The molecule has 0 fully saturated rings. The molecule has 0 amide bonds. The summed E-state index contributed by atoms with van der Waals surface area (Å²) >= 11 is 0. The van der Waals surface area contributed by atoms with Crippen LogP contribution in [0.25, 0.3) is 120 Å². The lowest BCUT2D eigenvalue weighted by atomic mass is 9.80. The van der Waals surface area contributed by atoms with Crippen molar-refractivity contribution in [1.82, 2.24) is 0 Å². The van der Waals surface area contributed by atoms with Crippen molar-refractivity contribution in [1.29, 1.82) is 0 Å². The summed E-state index contributed by atoms with van der Waals surface area (Å²) in [4.78, 5) is 0. The van der Waals surface area contributed by atoms with Gasteiger partial charge in [0, 0.05) is 13.6 Å². The first-order chi connectivity index (χ1) is 36.1. The first-order valence-corrected chi connectivity index (χ1v) is 19.4. The van der Waals surface area contributed by atoms with Crippen LogP contribution in [0.15, 0.2) is 194 Å². The Labute approximate surface area is 367 Å². The van der Waals surface area contributed by atoms with Crippen LogP contribution in [0.1, 0.15) is 48.1 Å². The van der Waals surface area contributed by atoms with Crippen molar-refractivity contribution >= 4 is 64.6 Å². The maximum absolute atomic E-state index is 10.2. The van der Waals surface area contributed by atoms with Crippen LogP contribution in [0, 0.1) is 0 Å². The average Bonchev–Trinajstić information content (AvgIpc) is 3.94. The van der Waals surface area contributed by atoms with Gasteiger partial charge in [-0.25, -0.2) is 0 Å². The third-order valence-corrected chi connectivity index (χ3v) is 12.3. The molecule has 0 nitrogen and oxygen atoms in total. The molecule has 0 bridgehead atoms.